The van der Waals surface area contributed by atoms with Crippen molar-refractivity contribution in [2.75, 3.05) is 0 Å². The third kappa shape index (κ3) is 2.75. The predicted octanol–water partition coefficient (Wildman–Crippen LogP) is 2.94. The molecule has 0 saturated carbocycles. The van der Waals surface area contributed by atoms with Gasteiger partial charge in [-0.1, -0.05) is 43.3 Å². The van der Waals surface area contributed by atoms with Crippen molar-refractivity contribution < 1.29 is 4.39 Å². The molecule has 2 nitrogen and oxygen atoms in total. The second kappa shape index (κ2) is 5.76. The Morgan fingerprint density at radius 3 is 2.44 bits per heavy atom. The molecule has 1 unspecified atom stereocenters. The number of halogens is 1. The number of hydrogen-bond acceptors (Lipinski definition) is 2. The molecule has 0 saturated heterocycles. The highest BCUT2D eigenvalue weighted by Gasteiger charge is 2.12. The van der Waals surface area contributed by atoms with Crippen LogP contribution in [0.25, 0.3) is 0 Å². The topological polar surface area (TPSA) is 38.0 Å². The van der Waals surface area contributed by atoms with Gasteiger partial charge in [0.2, 0.25) is 0 Å². The molecule has 0 aromatic heterocycles. The molecule has 0 fully saturated rings. The minimum absolute atomic E-state index is 0.114. The monoisotopic (exact) mass is 244 g/mol. The molecule has 0 heterocycles. The van der Waals surface area contributed by atoms with Crippen LogP contribution in [0, 0.1) is 5.82 Å². The Morgan fingerprint density at radius 2 is 1.83 bits per heavy atom. The summed E-state index contributed by atoms with van der Waals surface area (Å²) in [7, 11) is 0. The van der Waals surface area contributed by atoms with E-state index >= 15 is 0 Å². The number of hydrogen-bond donors (Lipinski definition) is 2. The van der Waals surface area contributed by atoms with Crippen molar-refractivity contribution in [3.8, 4) is 0 Å². The second-order valence-electron chi connectivity index (χ2n) is 4.25. The molecular formula is C15H17FN2. The van der Waals surface area contributed by atoms with E-state index in [2.05, 4.69) is 24.5 Å². The molecule has 3 N–H and O–H groups in total. The molecule has 0 amide bonds. The van der Waals surface area contributed by atoms with Crippen LogP contribution in [0.5, 0.6) is 0 Å². The molecule has 2 rings (SSSR count). The lowest BCUT2D eigenvalue weighted by Crippen LogP contribution is -2.28. The fourth-order valence-corrected chi connectivity index (χ4v) is 2.03. The number of nitrogens with two attached hydrogens (primary N) is 1. The summed E-state index contributed by atoms with van der Waals surface area (Å²) in [5.41, 5.74) is 6.08. The lowest BCUT2D eigenvalue weighted by Gasteiger charge is -2.17. The summed E-state index contributed by atoms with van der Waals surface area (Å²) in [6.07, 6.45) is 0.981. The molecular weight excluding hydrogens is 227 g/mol. The van der Waals surface area contributed by atoms with Crippen LogP contribution in [0.3, 0.4) is 0 Å². The Bertz CT molecular complexity index is 508. The Labute approximate surface area is 107 Å². The third-order valence-electron chi connectivity index (χ3n) is 3.06. The van der Waals surface area contributed by atoms with Crippen LogP contribution in [0.2, 0.25) is 0 Å². The van der Waals surface area contributed by atoms with Gasteiger partial charge in [0.15, 0.2) is 0 Å². The van der Waals surface area contributed by atoms with E-state index in [0.717, 1.165) is 17.5 Å². The zero-order valence-corrected chi connectivity index (χ0v) is 10.4. The van der Waals surface area contributed by atoms with E-state index in [9.17, 15) is 4.39 Å². The highest BCUT2D eigenvalue weighted by atomic mass is 19.1. The van der Waals surface area contributed by atoms with E-state index in [1.54, 1.807) is 12.1 Å². The molecule has 0 spiro atoms. The standard InChI is InChI=1S/C15H17FN2/c1-2-11-4-3-5-13(10-11)15(18-17)12-6-8-14(16)9-7-12/h3-10,15,18H,2,17H2,1H3. The summed E-state index contributed by atoms with van der Waals surface area (Å²) in [5, 5.41) is 0. The first-order chi connectivity index (χ1) is 8.74. The SMILES string of the molecule is CCc1cccc(C(NN)c2ccc(F)cc2)c1. The van der Waals surface area contributed by atoms with Crippen molar-refractivity contribution >= 4 is 0 Å². The van der Waals surface area contributed by atoms with Crippen LogP contribution in [0.1, 0.15) is 29.7 Å². The van der Waals surface area contributed by atoms with Gasteiger partial charge in [0.25, 0.3) is 0 Å². The maximum Gasteiger partial charge on any atom is 0.123 e. The van der Waals surface area contributed by atoms with E-state index in [0.29, 0.717) is 0 Å². The minimum atomic E-state index is -0.239. The number of rotatable bonds is 4. The van der Waals surface area contributed by atoms with Crippen LogP contribution in [0.4, 0.5) is 4.39 Å². The molecule has 94 valence electrons. The lowest BCUT2D eigenvalue weighted by molar-refractivity contribution is 0.615. The summed E-state index contributed by atoms with van der Waals surface area (Å²) in [6, 6.07) is 14.5. The Kier molecular flexibility index (Phi) is 4.07. The van der Waals surface area contributed by atoms with E-state index in [-0.39, 0.29) is 11.9 Å². The largest absolute Gasteiger partial charge is 0.271 e. The maximum absolute atomic E-state index is 12.9. The zero-order valence-electron chi connectivity index (χ0n) is 10.4. The van der Waals surface area contributed by atoms with Crippen molar-refractivity contribution in [2.24, 2.45) is 5.84 Å². The number of aryl methyl sites for hydroxylation is 1. The van der Waals surface area contributed by atoms with Gasteiger partial charge in [-0.2, -0.15) is 0 Å². The summed E-state index contributed by atoms with van der Waals surface area (Å²) in [5.74, 6) is 5.38. The van der Waals surface area contributed by atoms with Crippen molar-refractivity contribution in [2.45, 2.75) is 19.4 Å². The van der Waals surface area contributed by atoms with E-state index < -0.39 is 0 Å². The minimum Gasteiger partial charge on any atom is -0.271 e. The van der Waals surface area contributed by atoms with Crippen molar-refractivity contribution in [1.29, 1.82) is 0 Å². The molecule has 0 aliphatic rings. The first-order valence-electron chi connectivity index (χ1n) is 6.05. The molecule has 0 aliphatic heterocycles. The molecule has 3 heteroatoms. The number of hydrazine groups is 1. The molecule has 18 heavy (non-hydrogen) atoms. The fraction of sp³-hybridized carbons (Fsp3) is 0.200. The summed E-state index contributed by atoms with van der Waals surface area (Å²) < 4.78 is 12.9. The quantitative estimate of drug-likeness (QED) is 0.641. The molecule has 0 bridgehead atoms. The Balaban J connectivity index is 2.35. The van der Waals surface area contributed by atoms with Crippen molar-refractivity contribution in [1.82, 2.24) is 5.43 Å². The summed E-state index contributed by atoms with van der Waals surface area (Å²) in [4.78, 5) is 0. The molecule has 0 radical (unpaired) electrons. The Hall–Kier alpha value is -1.71. The summed E-state index contributed by atoms with van der Waals surface area (Å²) in [6.45, 7) is 2.11. The average molecular weight is 244 g/mol. The molecule has 2 aromatic carbocycles. The van der Waals surface area contributed by atoms with Gasteiger partial charge in [-0.25, -0.2) is 9.82 Å². The first kappa shape index (κ1) is 12.7. The zero-order chi connectivity index (χ0) is 13.0. The molecule has 2 aromatic rings. The van der Waals surface area contributed by atoms with Crippen molar-refractivity contribution in [3.63, 3.8) is 0 Å². The van der Waals surface area contributed by atoms with Crippen LogP contribution in [0.15, 0.2) is 48.5 Å². The lowest BCUT2D eigenvalue weighted by atomic mass is 9.97. The molecule has 1 atom stereocenters. The van der Waals surface area contributed by atoms with Crippen LogP contribution < -0.4 is 11.3 Å². The van der Waals surface area contributed by atoms with Crippen LogP contribution in [-0.2, 0) is 6.42 Å². The Morgan fingerprint density at radius 1 is 1.11 bits per heavy atom. The third-order valence-corrected chi connectivity index (χ3v) is 3.06. The smallest absolute Gasteiger partial charge is 0.123 e. The van der Waals surface area contributed by atoms with E-state index in [4.69, 9.17) is 5.84 Å². The van der Waals surface area contributed by atoms with Gasteiger partial charge in [0.05, 0.1) is 6.04 Å². The highest BCUT2D eigenvalue weighted by molar-refractivity contribution is 5.34. The van der Waals surface area contributed by atoms with Gasteiger partial charge in [-0.05, 0) is 35.2 Å². The normalized spacial score (nSPS) is 12.4. The number of nitrogens with one attached hydrogen (secondary N) is 1. The van der Waals surface area contributed by atoms with Gasteiger partial charge in [-0.15, -0.1) is 0 Å². The van der Waals surface area contributed by atoms with Crippen LogP contribution >= 0.6 is 0 Å². The van der Waals surface area contributed by atoms with E-state index in [1.807, 2.05) is 12.1 Å². The van der Waals surface area contributed by atoms with Gasteiger partial charge in [0, 0.05) is 0 Å². The summed E-state index contributed by atoms with van der Waals surface area (Å²) >= 11 is 0. The van der Waals surface area contributed by atoms with Crippen molar-refractivity contribution in [3.05, 3.63) is 71.0 Å². The van der Waals surface area contributed by atoms with E-state index in [1.165, 1.54) is 17.7 Å². The van der Waals surface area contributed by atoms with Gasteiger partial charge in [0.1, 0.15) is 5.82 Å². The first-order valence-corrected chi connectivity index (χ1v) is 6.05. The van der Waals surface area contributed by atoms with Gasteiger partial charge < -0.3 is 0 Å². The predicted molar refractivity (Wildman–Crippen MR) is 71.4 cm³/mol. The fourth-order valence-electron chi connectivity index (χ4n) is 2.03. The molecule has 0 aliphatic carbocycles. The van der Waals surface area contributed by atoms with Gasteiger partial charge in [-0.3, -0.25) is 5.84 Å². The maximum atomic E-state index is 12.9. The highest BCUT2D eigenvalue weighted by Crippen LogP contribution is 2.22. The van der Waals surface area contributed by atoms with Crippen LogP contribution in [-0.4, -0.2) is 0 Å². The van der Waals surface area contributed by atoms with Gasteiger partial charge >= 0.3 is 0 Å². The second-order valence-corrected chi connectivity index (χ2v) is 4.25. The number of benzene rings is 2. The average Bonchev–Trinajstić information content (AvgIpc) is 2.42.